The zero-order chi connectivity index (χ0) is 10.4. The third kappa shape index (κ3) is 3.98. The molecule has 0 aliphatic carbocycles. The number of rotatable bonds is 5. The molecule has 1 rings (SSSR count). The van der Waals surface area contributed by atoms with Crippen LogP contribution in [0.2, 0.25) is 0 Å². The molecule has 0 saturated heterocycles. The van der Waals surface area contributed by atoms with Gasteiger partial charge in [0, 0.05) is 16.9 Å². The van der Waals surface area contributed by atoms with Crippen LogP contribution in [-0.4, -0.2) is 20.3 Å². The van der Waals surface area contributed by atoms with E-state index in [0.717, 1.165) is 15.6 Å². The second-order valence-corrected chi connectivity index (χ2v) is 4.25. The van der Waals surface area contributed by atoms with Crippen molar-refractivity contribution in [2.75, 3.05) is 20.3 Å². The summed E-state index contributed by atoms with van der Waals surface area (Å²) in [6, 6.07) is 6.01. The van der Waals surface area contributed by atoms with Crippen LogP contribution in [0.1, 0.15) is 5.56 Å². The summed E-state index contributed by atoms with van der Waals surface area (Å²) in [6.07, 6.45) is 0. The summed E-state index contributed by atoms with van der Waals surface area (Å²) in [5, 5.41) is 0.826. The largest absolute Gasteiger partial charge is 0.491 e. The summed E-state index contributed by atoms with van der Waals surface area (Å²) >= 11 is 6.84. The van der Waals surface area contributed by atoms with E-state index in [1.165, 1.54) is 5.56 Å². The summed E-state index contributed by atoms with van der Waals surface area (Å²) in [5.74, 6) is 0.867. The molecule has 0 amide bonds. The molecule has 0 spiro atoms. The van der Waals surface area contributed by atoms with Gasteiger partial charge in [-0.2, -0.15) is 0 Å². The van der Waals surface area contributed by atoms with Gasteiger partial charge in [-0.1, -0.05) is 31.9 Å². The van der Waals surface area contributed by atoms with Crippen LogP contribution < -0.4 is 4.74 Å². The molecule has 0 fully saturated rings. The minimum Gasteiger partial charge on any atom is -0.491 e. The Kier molecular flexibility index (Phi) is 5.52. The fraction of sp³-hybridized carbons (Fsp3) is 0.400. The predicted octanol–water partition coefficient (Wildman–Crippen LogP) is 3.37. The molecular weight excluding hydrogens is 312 g/mol. The second-order valence-electron chi connectivity index (χ2n) is 2.77. The van der Waals surface area contributed by atoms with Crippen molar-refractivity contribution >= 4 is 31.9 Å². The van der Waals surface area contributed by atoms with E-state index in [2.05, 4.69) is 37.9 Å². The van der Waals surface area contributed by atoms with E-state index < -0.39 is 0 Å². The van der Waals surface area contributed by atoms with Crippen molar-refractivity contribution in [3.8, 4) is 5.75 Å². The number of alkyl halides is 1. The van der Waals surface area contributed by atoms with Crippen LogP contribution in [0.15, 0.2) is 22.7 Å². The maximum atomic E-state index is 5.49. The number of ether oxygens (including phenoxy) is 2. The predicted molar refractivity (Wildman–Crippen MR) is 64.1 cm³/mol. The van der Waals surface area contributed by atoms with Crippen molar-refractivity contribution in [3.05, 3.63) is 28.2 Å². The average Bonchev–Trinajstić information content (AvgIpc) is 2.17. The first-order chi connectivity index (χ1) is 6.76. The van der Waals surface area contributed by atoms with Gasteiger partial charge in [-0.05, 0) is 23.8 Å². The van der Waals surface area contributed by atoms with Crippen LogP contribution in [0.3, 0.4) is 0 Å². The van der Waals surface area contributed by atoms with Crippen molar-refractivity contribution < 1.29 is 9.47 Å². The number of benzene rings is 1. The number of hydrogen-bond donors (Lipinski definition) is 0. The number of methoxy groups -OCH3 is 1. The van der Waals surface area contributed by atoms with E-state index in [-0.39, 0.29) is 0 Å². The van der Waals surface area contributed by atoms with Crippen LogP contribution in [0.5, 0.6) is 5.75 Å². The fourth-order valence-electron chi connectivity index (χ4n) is 1.02. The lowest BCUT2D eigenvalue weighted by Gasteiger charge is -2.07. The highest BCUT2D eigenvalue weighted by molar-refractivity contribution is 9.10. The maximum absolute atomic E-state index is 5.49. The van der Waals surface area contributed by atoms with Crippen molar-refractivity contribution in [3.63, 3.8) is 0 Å². The molecule has 0 radical (unpaired) electrons. The Balaban J connectivity index is 2.62. The van der Waals surface area contributed by atoms with Gasteiger partial charge < -0.3 is 9.47 Å². The highest BCUT2D eigenvalue weighted by atomic mass is 79.9. The van der Waals surface area contributed by atoms with Gasteiger partial charge >= 0.3 is 0 Å². The van der Waals surface area contributed by atoms with Crippen molar-refractivity contribution in [1.29, 1.82) is 0 Å². The standard InChI is InChI=1S/C10H12Br2O2/c1-13-2-3-14-10-5-8(7-11)4-9(12)6-10/h4-6H,2-3,7H2,1H3. The van der Waals surface area contributed by atoms with Gasteiger partial charge in [-0.25, -0.2) is 0 Å². The quantitative estimate of drug-likeness (QED) is 0.611. The van der Waals surface area contributed by atoms with Crippen LogP contribution in [-0.2, 0) is 10.1 Å². The Hall–Kier alpha value is -0.0600. The molecule has 0 saturated carbocycles. The van der Waals surface area contributed by atoms with E-state index >= 15 is 0 Å². The van der Waals surface area contributed by atoms with Crippen LogP contribution >= 0.6 is 31.9 Å². The molecule has 0 heterocycles. The number of hydrogen-bond acceptors (Lipinski definition) is 2. The van der Waals surface area contributed by atoms with E-state index in [9.17, 15) is 0 Å². The molecule has 78 valence electrons. The first-order valence-corrected chi connectivity index (χ1v) is 6.15. The van der Waals surface area contributed by atoms with E-state index in [4.69, 9.17) is 9.47 Å². The zero-order valence-electron chi connectivity index (χ0n) is 7.93. The number of halogens is 2. The first-order valence-electron chi connectivity index (χ1n) is 4.23. The molecule has 2 nitrogen and oxygen atoms in total. The molecule has 0 aromatic heterocycles. The molecule has 1 aromatic carbocycles. The molecular formula is C10H12Br2O2. The molecule has 1 aromatic rings. The molecule has 0 unspecified atom stereocenters. The van der Waals surface area contributed by atoms with Gasteiger partial charge in [-0.15, -0.1) is 0 Å². The molecule has 0 atom stereocenters. The Morgan fingerprint density at radius 1 is 1.21 bits per heavy atom. The normalized spacial score (nSPS) is 10.2. The lowest BCUT2D eigenvalue weighted by atomic mass is 10.2. The lowest BCUT2D eigenvalue weighted by Crippen LogP contribution is -2.04. The Morgan fingerprint density at radius 2 is 2.00 bits per heavy atom. The van der Waals surface area contributed by atoms with Crippen molar-refractivity contribution in [2.24, 2.45) is 0 Å². The van der Waals surface area contributed by atoms with E-state index in [0.29, 0.717) is 13.2 Å². The van der Waals surface area contributed by atoms with E-state index in [1.807, 2.05) is 12.1 Å². The topological polar surface area (TPSA) is 18.5 Å². The van der Waals surface area contributed by atoms with Crippen LogP contribution in [0.25, 0.3) is 0 Å². The highest BCUT2D eigenvalue weighted by Gasteiger charge is 1.99. The second kappa shape index (κ2) is 6.43. The monoisotopic (exact) mass is 322 g/mol. The maximum Gasteiger partial charge on any atom is 0.120 e. The Labute approximate surface area is 101 Å². The van der Waals surface area contributed by atoms with Gasteiger partial charge in [-0.3, -0.25) is 0 Å². The molecule has 0 aliphatic rings. The Bertz CT molecular complexity index is 289. The van der Waals surface area contributed by atoms with Gasteiger partial charge in [0.25, 0.3) is 0 Å². The summed E-state index contributed by atoms with van der Waals surface area (Å²) < 4.78 is 11.4. The highest BCUT2D eigenvalue weighted by Crippen LogP contribution is 2.22. The van der Waals surface area contributed by atoms with Gasteiger partial charge in [0.1, 0.15) is 12.4 Å². The van der Waals surface area contributed by atoms with Crippen molar-refractivity contribution in [1.82, 2.24) is 0 Å². The molecule has 0 N–H and O–H groups in total. The van der Waals surface area contributed by atoms with E-state index in [1.54, 1.807) is 7.11 Å². The summed E-state index contributed by atoms with van der Waals surface area (Å²) in [6.45, 7) is 1.19. The first kappa shape index (κ1) is 12.0. The zero-order valence-corrected chi connectivity index (χ0v) is 11.1. The summed E-state index contributed by atoms with van der Waals surface area (Å²) in [7, 11) is 1.66. The molecule has 4 heteroatoms. The smallest absolute Gasteiger partial charge is 0.120 e. The fourth-order valence-corrected chi connectivity index (χ4v) is 1.87. The molecule has 0 bridgehead atoms. The van der Waals surface area contributed by atoms with Crippen LogP contribution in [0, 0.1) is 0 Å². The van der Waals surface area contributed by atoms with Crippen LogP contribution in [0.4, 0.5) is 0 Å². The van der Waals surface area contributed by atoms with Gasteiger partial charge in [0.15, 0.2) is 0 Å². The lowest BCUT2D eigenvalue weighted by molar-refractivity contribution is 0.146. The average molecular weight is 324 g/mol. The summed E-state index contributed by atoms with van der Waals surface area (Å²) in [5.41, 5.74) is 1.19. The summed E-state index contributed by atoms with van der Waals surface area (Å²) in [4.78, 5) is 0. The SMILES string of the molecule is COCCOc1cc(Br)cc(CBr)c1. The minimum atomic E-state index is 0.578. The third-order valence-electron chi connectivity index (χ3n) is 1.64. The molecule has 0 aliphatic heterocycles. The van der Waals surface area contributed by atoms with Gasteiger partial charge in [0.05, 0.1) is 6.61 Å². The third-order valence-corrected chi connectivity index (χ3v) is 2.75. The minimum absolute atomic E-state index is 0.578. The Morgan fingerprint density at radius 3 is 2.64 bits per heavy atom. The van der Waals surface area contributed by atoms with Gasteiger partial charge in [0.2, 0.25) is 0 Å². The molecule has 14 heavy (non-hydrogen) atoms. The van der Waals surface area contributed by atoms with Crippen molar-refractivity contribution in [2.45, 2.75) is 5.33 Å².